The third-order valence-electron chi connectivity index (χ3n) is 4.58. The van der Waals surface area contributed by atoms with Crippen molar-refractivity contribution >= 4 is 21.3 Å². The molecule has 0 saturated carbocycles. The lowest BCUT2D eigenvalue weighted by atomic mass is 10.1. The first-order valence-electron chi connectivity index (χ1n) is 9.29. The van der Waals surface area contributed by atoms with Gasteiger partial charge in [0.15, 0.2) is 0 Å². The highest BCUT2D eigenvalue weighted by Gasteiger charge is 2.18. The number of nitrogens with two attached hydrogens (primary N) is 1. The average molecular weight is 437 g/mol. The lowest BCUT2D eigenvalue weighted by molar-refractivity contribution is 0.520. The number of pyridine rings is 1. The van der Waals surface area contributed by atoms with E-state index in [9.17, 15) is 8.42 Å². The Hall–Kier alpha value is -3.53. The van der Waals surface area contributed by atoms with E-state index in [0.29, 0.717) is 22.5 Å². The Morgan fingerprint density at radius 2 is 1.81 bits per heavy atom. The Bertz CT molecular complexity index is 1230. The van der Waals surface area contributed by atoms with Crippen LogP contribution in [0, 0.1) is 0 Å². The van der Waals surface area contributed by atoms with E-state index in [1.54, 1.807) is 78.0 Å². The minimum Gasteiger partial charge on any atom is -0.287 e. The number of nitrogens with zero attached hydrogens (tertiary/aromatic N) is 5. The number of allylic oxidation sites excluding steroid dienone is 3. The number of hydrogen-bond acceptors (Lipinski definition) is 6. The van der Waals surface area contributed by atoms with Gasteiger partial charge in [0, 0.05) is 32.7 Å². The number of anilines is 1. The van der Waals surface area contributed by atoms with Gasteiger partial charge in [0.25, 0.3) is 0 Å². The predicted octanol–water partition coefficient (Wildman–Crippen LogP) is 2.98. The molecule has 0 saturated heterocycles. The van der Waals surface area contributed by atoms with Crippen LogP contribution < -0.4 is 10.9 Å². The number of hydrazine groups is 1. The molecule has 0 unspecified atom stereocenters. The number of sulfonamides is 1. The predicted molar refractivity (Wildman–Crippen MR) is 123 cm³/mol. The summed E-state index contributed by atoms with van der Waals surface area (Å²) in [5.74, 6) is 6.03. The van der Waals surface area contributed by atoms with E-state index in [2.05, 4.69) is 23.2 Å². The highest BCUT2D eigenvalue weighted by molar-refractivity contribution is 7.89. The van der Waals surface area contributed by atoms with Crippen molar-refractivity contribution in [3.8, 4) is 5.69 Å². The summed E-state index contributed by atoms with van der Waals surface area (Å²) in [6, 6.07) is 11.9. The van der Waals surface area contributed by atoms with Crippen LogP contribution in [0.5, 0.6) is 0 Å². The average Bonchev–Trinajstić information content (AvgIpc) is 3.27. The van der Waals surface area contributed by atoms with Crippen LogP contribution >= 0.6 is 0 Å². The smallest absolute Gasteiger partial charge is 0.242 e. The minimum atomic E-state index is -3.57. The summed E-state index contributed by atoms with van der Waals surface area (Å²) in [6.45, 7) is 8.19. The molecule has 0 aliphatic heterocycles. The first kappa shape index (κ1) is 22.2. The fourth-order valence-corrected chi connectivity index (χ4v) is 3.70. The van der Waals surface area contributed by atoms with Gasteiger partial charge < -0.3 is 0 Å². The van der Waals surface area contributed by atoms with E-state index < -0.39 is 10.0 Å². The third kappa shape index (κ3) is 4.80. The van der Waals surface area contributed by atoms with E-state index in [0.717, 1.165) is 5.69 Å². The van der Waals surface area contributed by atoms with Gasteiger partial charge in [0.2, 0.25) is 10.0 Å². The number of benzene rings is 1. The fourth-order valence-electron chi connectivity index (χ4n) is 2.76. The minimum absolute atomic E-state index is 0.178. The van der Waals surface area contributed by atoms with Crippen molar-refractivity contribution in [2.75, 3.05) is 19.1 Å². The molecule has 1 aromatic carbocycles. The zero-order valence-corrected chi connectivity index (χ0v) is 18.2. The molecule has 0 aliphatic carbocycles. The van der Waals surface area contributed by atoms with Crippen LogP contribution in [0.2, 0.25) is 0 Å². The molecule has 31 heavy (non-hydrogen) atoms. The van der Waals surface area contributed by atoms with Crippen LogP contribution in [-0.2, 0) is 10.0 Å². The Kier molecular flexibility index (Phi) is 6.50. The topological polar surface area (TPSA) is 97.3 Å². The zero-order chi connectivity index (χ0) is 22.6. The number of aromatic nitrogens is 3. The molecule has 0 spiro atoms. The quantitative estimate of drug-likeness (QED) is 0.331. The summed E-state index contributed by atoms with van der Waals surface area (Å²) in [7, 11) is -0.583. The van der Waals surface area contributed by atoms with Crippen LogP contribution in [0.25, 0.3) is 11.3 Å². The van der Waals surface area contributed by atoms with Crippen molar-refractivity contribution in [1.29, 1.82) is 0 Å². The molecule has 0 radical (unpaired) electrons. The lowest BCUT2D eigenvalue weighted by Crippen LogP contribution is -2.23. The molecule has 0 bridgehead atoms. The maximum atomic E-state index is 12.5. The molecule has 0 aliphatic rings. The van der Waals surface area contributed by atoms with Crippen molar-refractivity contribution in [2.24, 2.45) is 5.84 Å². The SMILES string of the molecule is C=C(/C=C\N(N)c1ccncc1)C(=C)c1ccnn1-c1cccc(S(=O)(=O)N(C)C)c1. The van der Waals surface area contributed by atoms with E-state index >= 15 is 0 Å². The molecule has 0 fully saturated rings. The summed E-state index contributed by atoms with van der Waals surface area (Å²) in [4.78, 5) is 4.14. The van der Waals surface area contributed by atoms with Crippen molar-refractivity contribution in [1.82, 2.24) is 19.1 Å². The Balaban J connectivity index is 1.85. The van der Waals surface area contributed by atoms with Gasteiger partial charge in [-0.3, -0.25) is 9.99 Å². The van der Waals surface area contributed by atoms with Gasteiger partial charge in [0.05, 0.1) is 28.2 Å². The van der Waals surface area contributed by atoms with Crippen LogP contribution in [0.3, 0.4) is 0 Å². The summed E-state index contributed by atoms with van der Waals surface area (Å²) in [5.41, 5.74) is 3.30. The molecule has 3 aromatic rings. The summed E-state index contributed by atoms with van der Waals surface area (Å²) in [5, 5.41) is 5.79. The van der Waals surface area contributed by atoms with Crippen molar-refractivity contribution in [3.05, 3.63) is 97.8 Å². The molecule has 0 atom stereocenters. The summed E-state index contributed by atoms with van der Waals surface area (Å²) in [6.07, 6.45) is 8.34. The molecule has 8 nitrogen and oxygen atoms in total. The van der Waals surface area contributed by atoms with Gasteiger partial charge >= 0.3 is 0 Å². The van der Waals surface area contributed by atoms with Crippen LogP contribution in [0.15, 0.2) is 97.0 Å². The normalized spacial score (nSPS) is 11.7. The van der Waals surface area contributed by atoms with E-state index in [1.807, 2.05) is 0 Å². The Morgan fingerprint density at radius 3 is 2.48 bits per heavy atom. The Labute approximate surface area is 182 Å². The molecule has 160 valence electrons. The van der Waals surface area contributed by atoms with Gasteiger partial charge in [-0.1, -0.05) is 19.2 Å². The van der Waals surface area contributed by atoms with Gasteiger partial charge in [-0.25, -0.2) is 23.2 Å². The van der Waals surface area contributed by atoms with Crippen molar-refractivity contribution in [2.45, 2.75) is 4.90 Å². The first-order chi connectivity index (χ1) is 14.7. The largest absolute Gasteiger partial charge is 0.287 e. The molecule has 3 rings (SSSR count). The van der Waals surface area contributed by atoms with Gasteiger partial charge in [-0.2, -0.15) is 5.10 Å². The second-order valence-electron chi connectivity index (χ2n) is 6.85. The highest BCUT2D eigenvalue weighted by Crippen LogP contribution is 2.25. The van der Waals surface area contributed by atoms with Gasteiger partial charge in [-0.05, 0) is 53.6 Å². The third-order valence-corrected chi connectivity index (χ3v) is 6.39. The molecule has 9 heteroatoms. The van der Waals surface area contributed by atoms with E-state index in [1.165, 1.54) is 23.4 Å². The second-order valence-corrected chi connectivity index (χ2v) is 9.00. The fraction of sp³-hybridized carbons (Fsp3) is 0.0909. The standard InChI is InChI=1S/C22H24N6O2S/c1-17(11-15-27(23)19-8-12-24-13-9-19)18(2)22-10-14-25-28(22)20-6-5-7-21(16-20)31(29,30)26(3)4/h5-16H,1-2,23H2,3-4H3/b15-11-. The van der Waals surface area contributed by atoms with Crippen LogP contribution in [0.4, 0.5) is 5.69 Å². The summed E-state index contributed by atoms with van der Waals surface area (Å²) < 4.78 is 27.8. The van der Waals surface area contributed by atoms with E-state index in [-0.39, 0.29) is 4.90 Å². The molecule has 2 heterocycles. The maximum Gasteiger partial charge on any atom is 0.242 e. The lowest BCUT2D eigenvalue weighted by Gasteiger charge is -2.15. The second kappa shape index (κ2) is 9.09. The number of rotatable bonds is 8. The van der Waals surface area contributed by atoms with Crippen molar-refractivity contribution < 1.29 is 8.42 Å². The molecule has 2 aromatic heterocycles. The van der Waals surface area contributed by atoms with Crippen LogP contribution in [-0.4, -0.2) is 41.6 Å². The zero-order valence-electron chi connectivity index (χ0n) is 17.4. The van der Waals surface area contributed by atoms with Gasteiger partial charge in [-0.15, -0.1) is 0 Å². The molecule has 2 N–H and O–H groups in total. The monoisotopic (exact) mass is 436 g/mol. The van der Waals surface area contributed by atoms with Gasteiger partial charge in [0.1, 0.15) is 0 Å². The first-order valence-corrected chi connectivity index (χ1v) is 10.7. The summed E-state index contributed by atoms with van der Waals surface area (Å²) >= 11 is 0. The van der Waals surface area contributed by atoms with Crippen LogP contribution in [0.1, 0.15) is 5.69 Å². The Morgan fingerprint density at radius 1 is 1.10 bits per heavy atom. The molecule has 0 amide bonds. The highest BCUT2D eigenvalue weighted by atomic mass is 32.2. The maximum absolute atomic E-state index is 12.5. The van der Waals surface area contributed by atoms with E-state index in [4.69, 9.17) is 5.84 Å². The van der Waals surface area contributed by atoms with Crippen molar-refractivity contribution in [3.63, 3.8) is 0 Å². The number of hydrogen-bond donors (Lipinski definition) is 1. The molecular formula is C22H24N6O2S. The molecular weight excluding hydrogens is 412 g/mol.